The first-order valence-corrected chi connectivity index (χ1v) is 11.9. The summed E-state index contributed by atoms with van der Waals surface area (Å²) in [4.78, 5) is 0. The van der Waals surface area contributed by atoms with Crippen LogP contribution in [-0.2, 0) is 0 Å². The Labute approximate surface area is 183 Å². The first-order chi connectivity index (χ1) is 14.9. The van der Waals surface area contributed by atoms with E-state index in [0.29, 0.717) is 5.92 Å². The summed E-state index contributed by atoms with van der Waals surface area (Å²) in [5, 5.41) is 31.1. The third-order valence-corrected chi connectivity index (χ3v) is 8.88. The molecular formula is C27H32N2O2. The van der Waals surface area contributed by atoms with Gasteiger partial charge in [0, 0.05) is 22.4 Å². The molecule has 0 spiro atoms. The Hall–Kier alpha value is -2.17. The maximum absolute atomic E-state index is 12.1. The molecule has 0 saturated heterocycles. The third kappa shape index (κ3) is 2.77. The number of nitrogens with one attached hydrogen (secondary N) is 1. The second-order valence-electron chi connectivity index (χ2n) is 10.6. The summed E-state index contributed by atoms with van der Waals surface area (Å²) in [5.41, 5.74) is 6.30. The van der Waals surface area contributed by atoms with Gasteiger partial charge in [-0.15, -0.1) is 0 Å². The highest BCUT2D eigenvalue weighted by Gasteiger charge is 2.55. The number of benzene rings is 1. The fourth-order valence-corrected chi connectivity index (χ4v) is 7.07. The molecule has 1 saturated carbocycles. The van der Waals surface area contributed by atoms with Crippen LogP contribution in [0.1, 0.15) is 63.1 Å². The van der Waals surface area contributed by atoms with E-state index in [9.17, 15) is 10.2 Å². The number of aromatic nitrogens is 2. The second-order valence-corrected chi connectivity index (χ2v) is 10.6. The molecule has 2 aromatic rings. The topological polar surface area (TPSA) is 69.1 Å². The zero-order valence-corrected chi connectivity index (χ0v) is 18.5. The number of aryl methyl sites for hydroxylation is 1. The Bertz CT molecular complexity index is 1160. The molecule has 0 bridgehead atoms. The molecule has 0 radical (unpaired) electrons. The van der Waals surface area contributed by atoms with Crippen molar-refractivity contribution in [3.05, 3.63) is 58.8 Å². The number of aromatic amines is 1. The van der Waals surface area contributed by atoms with Crippen LogP contribution in [0.5, 0.6) is 0 Å². The van der Waals surface area contributed by atoms with Crippen molar-refractivity contribution >= 4 is 16.5 Å². The molecule has 1 aromatic heterocycles. The van der Waals surface area contributed by atoms with E-state index in [4.69, 9.17) is 0 Å². The van der Waals surface area contributed by atoms with Gasteiger partial charge < -0.3 is 10.2 Å². The van der Waals surface area contributed by atoms with Crippen LogP contribution in [0.4, 0.5) is 0 Å². The standard InChI is InChI=1S/C27H32N2O2/c1-16-22-6-4-18(15-24(22)29-28-16)23-7-8-25-26(23,2)11-10-20-13-19-14-21(30)5-3-17(19)9-12-27(20,25)31/h4,6-7,10,13,15,17,21,25,30-31H,3,5,8-9,11-12,14H2,1-2H3,(H,28,29)/t17?,21?,25?,26?,27-/m1/s1. The summed E-state index contributed by atoms with van der Waals surface area (Å²) in [7, 11) is 0. The molecule has 4 unspecified atom stereocenters. The SMILES string of the molecule is Cc1[nH]nc2cc(C3=CCC4C3(C)CC=C3C=C5CC(O)CCC5CC[C@@]34O)ccc12. The number of aliphatic hydroxyl groups excluding tert-OH is 1. The van der Waals surface area contributed by atoms with Crippen molar-refractivity contribution < 1.29 is 10.2 Å². The van der Waals surface area contributed by atoms with Crippen molar-refractivity contribution in [3.8, 4) is 0 Å². The quantitative estimate of drug-likeness (QED) is 0.597. The van der Waals surface area contributed by atoms with Crippen LogP contribution in [0.3, 0.4) is 0 Å². The summed E-state index contributed by atoms with van der Waals surface area (Å²) < 4.78 is 0. The van der Waals surface area contributed by atoms with Crippen molar-refractivity contribution in [3.63, 3.8) is 0 Å². The van der Waals surface area contributed by atoms with Gasteiger partial charge in [-0.2, -0.15) is 5.10 Å². The van der Waals surface area contributed by atoms with Crippen molar-refractivity contribution in [1.82, 2.24) is 10.2 Å². The molecule has 5 atom stereocenters. The van der Waals surface area contributed by atoms with Gasteiger partial charge in [0.2, 0.25) is 0 Å². The lowest BCUT2D eigenvalue weighted by Gasteiger charge is -2.48. The van der Waals surface area contributed by atoms with Gasteiger partial charge in [0.05, 0.1) is 17.2 Å². The molecule has 4 aliphatic rings. The minimum atomic E-state index is -0.784. The monoisotopic (exact) mass is 416 g/mol. The molecular weight excluding hydrogens is 384 g/mol. The van der Waals surface area contributed by atoms with Crippen molar-refractivity contribution in [2.45, 2.75) is 70.5 Å². The fourth-order valence-electron chi connectivity index (χ4n) is 7.07. The Morgan fingerprint density at radius 2 is 2.03 bits per heavy atom. The smallest absolute Gasteiger partial charge is 0.0933 e. The lowest BCUT2D eigenvalue weighted by atomic mass is 9.58. The van der Waals surface area contributed by atoms with Crippen molar-refractivity contribution in [2.24, 2.45) is 17.3 Å². The maximum Gasteiger partial charge on any atom is 0.0933 e. The van der Waals surface area contributed by atoms with E-state index in [1.54, 1.807) is 0 Å². The van der Waals surface area contributed by atoms with Crippen LogP contribution in [0.15, 0.2) is 47.6 Å². The third-order valence-electron chi connectivity index (χ3n) is 8.88. The molecule has 3 N–H and O–H groups in total. The summed E-state index contributed by atoms with van der Waals surface area (Å²) in [5.74, 6) is 0.706. The first-order valence-electron chi connectivity index (χ1n) is 11.9. The normalized spacial score (nSPS) is 37.3. The van der Waals surface area contributed by atoms with Gasteiger partial charge in [-0.25, -0.2) is 0 Å². The molecule has 162 valence electrons. The number of allylic oxidation sites excluding steroid dienone is 3. The summed E-state index contributed by atoms with van der Waals surface area (Å²) >= 11 is 0. The molecule has 0 aliphatic heterocycles. The zero-order valence-electron chi connectivity index (χ0n) is 18.5. The Balaban J connectivity index is 1.38. The number of hydrogen-bond donors (Lipinski definition) is 3. The maximum atomic E-state index is 12.1. The van der Waals surface area contributed by atoms with Crippen LogP contribution in [-0.4, -0.2) is 32.1 Å². The number of fused-ring (bicyclic) bond motifs is 5. The van der Waals surface area contributed by atoms with Gasteiger partial charge in [0.1, 0.15) is 0 Å². The number of hydrogen-bond acceptors (Lipinski definition) is 3. The van der Waals surface area contributed by atoms with Crippen LogP contribution in [0.2, 0.25) is 0 Å². The number of H-pyrrole nitrogens is 1. The molecule has 1 aromatic carbocycles. The van der Waals surface area contributed by atoms with Crippen LogP contribution >= 0.6 is 0 Å². The number of aliphatic hydroxyl groups is 2. The molecule has 1 fully saturated rings. The minimum Gasteiger partial charge on any atom is -0.393 e. The van der Waals surface area contributed by atoms with E-state index in [1.165, 1.54) is 22.1 Å². The molecule has 1 heterocycles. The van der Waals surface area contributed by atoms with Crippen molar-refractivity contribution in [1.29, 1.82) is 0 Å². The fraction of sp³-hybridized carbons (Fsp3) is 0.519. The molecule has 6 rings (SSSR count). The van der Waals surface area contributed by atoms with Gasteiger partial charge in [0.15, 0.2) is 0 Å². The molecule has 4 aliphatic carbocycles. The highest BCUT2D eigenvalue weighted by molar-refractivity contribution is 5.86. The lowest BCUT2D eigenvalue weighted by Crippen LogP contribution is -2.48. The molecule has 4 heteroatoms. The molecule has 31 heavy (non-hydrogen) atoms. The van der Waals surface area contributed by atoms with E-state index in [1.807, 2.05) is 0 Å². The second kappa shape index (κ2) is 6.66. The summed E-state index contributed by atoms with van der Waals surface area (Å²) in [6, 6.07) is 6.59. The van der Waals surface area contributed by atoms with Crippen molar-refractivity contribution in [2.75, 3.05) is 0 Å². The van der Waals surface area contributed by atoms with Crippen LogP contribution in [0.25, 0.3) is 16.5 Å². The Morgan fingerprint density at radius 1 is 1.16 bits per heavy atom. The van der Waals surface area contributed by atoms with E-state index < -0.39 is 5.60 Å². The Kier molecular flexibility index (Phi) is 4.19. The van der Waals surface area contributed by atoms with Gasteiger partial charge in [0.25, 0.3) is 0 Å². The molecule has 4 nitrogen and oxygen atoms in total. The van der Waals surface area contributed by atoms with E-state index in [2.05, 4.69) is 60.5 Å². The number of nitrogens with zero attached hydrogens (tertiary/aromatic N) is 1. The zero-order chi connectivity index (χ0) is 21.4. The van der Waals surface area contributed by atoms with E-state index in [-0.39, 0.29) is 17.4 Å². The average Bonchev–Trinajstić information content (AvgIpc) is 3.25. The van der Waals surface area contributed by atoms with Gasteiger partial charge in [-0.3, -0.25) is 5.10 Å². The van der Waals surface area contributed by atoms with Crippen LogP contribution < -0.4 is 0 Å². The number of rotatable bonds is 1. The van der Waals surface area contributed by atoms with Gasteiger partial charge >= 0.3 is 0 Å². The highest BCUT2D eigenvalue weighted by atomic mass is 16.3. The highest BCUT2D eigenvalue weighted by Crippen LogP contribution is 2.61. The Morgan fingerprint density at radius 3 is 2.90 bits per heavy atom. The average molecular weight is 417 g/mol. The largest absolute Gasteiger partial charge is 0.393 e. The van der Waals surface area contributed by atoms with Gasteiger partial charge in [-0.05, 0) is 80.6 Å². The van der Waals surface area contributed by atoms with Gasteiger partial charge in [-0.1, -0.05) is 42.9 Å². The summed E-state index contributed by atoms with van der Waals surface area (Å²) in [6.07, 6.45) is 13.1. The predicted octanol–water partition coefficient (Wildman–Crippen LogP) is 5.22. The first kappa shape index (κ1) is 19.5. The van der Waals surface area contributed by atoms with E-state index >= 15 is 0 Å². The minimum absolute atomic E-state index is 0.0786. The summed E-state index contributed by atoms with van der Waals surface area (Å²) in [6.45, 7) is 4.40. The lowest BCUT2D eigenvalue weighted by molar-refractivity contribution is -0.0330. The van der Waals surface area contributed by atoms with E-state index in [0.717, 1.165) is 61.7 Å². The predicted molar refractivity (Wildman–Crippen MR) is 123 cm³/mol. The molecule has 0 amide bonds. The van der Waals surface area contributed by atoms with Crippen LogP contribution in [0, 0.1) is 24.2 Å².